The minimum absolute atomic E-state index is 0.0780. The third-order valence-corrected chi connectivity index (χ3v) is 4.45. The van der Waals surface area contributed by atoms with Crippen molar-refractivity contribution >= 4 is 11.6 Å². The van der Waals surface area contributed by atoms with E-state index in [2.05, 4.69) is 10.4 Å². The second-order valence-electron chi connectivity index (χ2n) is 6.81. The van der Waals surface area contributed by atoms with Crippen LogP contribution in [-0.4, -0.2) is 20.6 Å². The lowest BCUT2D eigenvalue weighted by Gasteiger charge is -2.09. The molecule has 0 saturated heterocycles. The first-order chi connectivity index (χ1) is 13.8. The van der Waals surface area contributed by atoms with Crippen LogP contribution in [0.1, 0.15) is 32.7 Å². The standard InChI is InChI=1S/C21H22N4O4/c1-14-7-8-20(19(9-14)25(27)28)29-13-16-5-4-6-17(10-16)21(26)22-11-18-12-24(3)23-15(18)2/h4-10,12H,11,13H2,1-3H3,(H,22,26). The Labute approximate surface area is 168 Å². The van der Waals surface area contributed by atoms with Crippen molar-refractivity contribution in [3.63, 3.8) is 0 Å². The highest BCUT2D eigenvalue weighted by atomic mass is 16.6. The molecule has 1 aromatic heterocycles. The van der Waals surface area contributed by atoms with Gasteiger partial charge in [0.25, 0.3) is 5.91 Å². The molecule has 0 aliphatic carbocycles. The van der Waals surface area contributed by atoms with Gasteiger partial charge in [-0.3, -0.25) is 19.6 Å². The summed E-state index contributed by atoms with van der Waals surface area (Å²) in [5, 5.41) is 18.3. The largest absolute Gasteiger partial charge is 0.482 e. The van der Waals surface area contributed by atoms with Gasteiger partial charge in [0.15, 0.2) is 5.75 Å². The molecule has 0 saturated carbocycles. The van der Waals surface area contributed by atoms with E-state index < -0.39 is 4.92 Å². The van der Waals surface area contributed by atoms with Gasteiger partial charge in [0.1, 0.15) is 6.61 Å². The summed E-state index contributed by atoms with van der Waals surface area (Å²) in [6, 6.07) is 11.8. The molecule has 0 bridgehead atoms. The second kappa shape index (κ2) is 8.55. The Morgan fingerprint density at radius 3 is 2.72 bits per heavy atom. The van der Waals surface area contributed by atoms with Crippen molar-refractivity contribution in [1.82, 2.24) is 15.1 Å². The van der Waals surface area contributed by atoms with E-state index in [1.165, 1.54) is 6.07 Å². The van der Waals surface area contributed by atoms with Crippen molar-refractivity contribution in [1.29, 1.82) is 0 Å². The third-order valence-electron chi connectivity index (χ3n) is 4.45. The van der Waals surface area contributed by atoms with E-state index in [0.29, 0.717) is 12.1 Å². The number of nitro benzene ring substituents is 1. The molecule has 29 heavy (non-hydrogen) atoms. The first-order valence-corrected chi connectivity index (χ1v) is 9.07. The summed E-state index contributed by atoms with van der Waals surface area (Å²) in [4.78, 5) is 23.2. The summed E-state index contributed by atoms with van der Waals surface area (Å²) >= 11 is 0. The molecule has 0 aliphatic rings. The maximum Gasteiger partial charge on any atom is 0.311 e. The zero-order chi connectivity index (χ0) is 21.0. The predicted octanol–water partition coefficient (Wildman–Crippen LogP) is 3.45. The maximum atomic E-state index is 12.5. The van der Waals surface area contributed by atoms with Crippen LogP contribution in [0.5, 0.6) is 5.75 Å². The Bertz CT molecular complexity index is 1060. The Morgan fingerprint density at radius 1 is 1.24 bits per heavy atom. The van der Waals surface area contributed by atoms with Crippen molar-refractivity contribution in [2.24, 2.45) is 7.05 Å². The van der Waals surface area contributed by atoms with Crippen LogP contribution in [0.3, 0.4) is 0 Å². The average Bonchev–Trinajstić information content (AvgIpc) is 3.02. The summed E-state index contributed by atoms with van der Waals surface area (Å²) in [5.74, 6) is -0.0149. The molecule has 1 heterocycles. The van der Waals surface area contributed by atoms with Gasteiger partial charge in [0, 0.05) is 37.0 Å². The number of nitro groups is 1. The fourth-order valence-electron chi connectivity index (χ4n) is 2.96. The van der Waals surface area contributed by atoms with Gasteiger partial charge in [-0.15, -0.1) is 0 Å². The first kappa shape index (κ1) is 20.1. The van der Waals surface area contributed by atoms with Crippen LogP contribution in [-0.2, 0) is 20.2 Å². The lowest BCUT2D eigenvalue weighted by Crippen LogP contribution is -2.23. The number of benzene rings is 2. The number of rotatable bonds is 7. The van der Waals surface area contributed by atoms with Gasteiger partial charge in [-0.25, -0.2) is 0 Å². The lowest BCUT2D eigenvalue weighted by molar-refractivity contribution is -0.386. The van der Waals surface area contributed by atoms with Crippen LogP contribution in [0.4, 0.5) is 5.69 Å². The van der Waals surface area contributed by atoms with Crippen molar-refractivity contribution in [2.45, 2.75) is 27.0 Å². The number of aryl methyl sites for hydroxylation is 3. The minimum atomic E-state index is -0.466. The molecule has 0 aliphatic heterocycles. The molecule has 1 N–H and O–H groups in total. The molecular formula is C21H22N4O4. The first-order valence-electron chi connectivity index (χ1n) is 9.07. The van der Waals surface area contributed by atoms with Crippen LogP contribution >= 0.6 is 0 Å². The number of hydrogen-bond acceptors (Lipinski definition) is 5. The van der Waals surface area contributed by atoms with Gasteiger partial charge >= 0.3 is 5.69 Å². The van der Waals surface area contributed by atoms with Gasteiger partial charge in [-0.2, -0.15) is 5.10 Å². The molecule has 0 fully saturated rings. The molecule has 8 heteroatoms. The smallest absolute Gasteiger partial charge is 0.311 e. The number of amides is 1. The number of hydrogen-bond donors (Lipinski definition) is 1. The molecule has 2 aromatic carbocycles. The van der Waals surface area contributed by atoms with Gasteiger partial charge in [-0.1, -0.05) is 18.2 Å². The van der Waals surface area contributed by atoms with Gasteiger partial charge < -0.3 is 10.1 Å². The van der Waals surface area contributed by atoms with Crippen molar-refractivity contribution in [3.8, 4) is 5.75 Å². The Balaban J connectivity index is 1.66. The summed E-state index contributed by atoms with van der Waals surface area (Å²) in [6.07, 6.45) is 1.87. The molecule has 0 atom stereocenters. The topological polar surface area (TPSA) is 99.3 Å². The van der Waals surface area contributed by atoms with Crippen molar-refractivity contribution < 1.29 is 14.5 Å². The zero-order valence-electron chi connectivity index (χ0n) is 16.5. The zero-order valence-corrected chi connectivity index (χ0v) is 16.5. The highest BCUT2D eigenvalue weighted by Gasteiger charge is 2.15. The Hall–Kier alpha value is -3.68. The molecule has 150 valence electrons. The second-order valence-corrected chi connectivity index (χ2v) is 6.81. The minimum Gasteiger partial charge on any atom is -0.482 e. The van der Waals surface area contributed by atoms with E-state index >= 15 is 0 Å². The number of aromatic nitrogens is 2. The van der Waals surface area contributed by atoms with Crippen LogP contribution in [0.25, 0.3) is 0 Å². The number of ether oxygens (including phenoxy) is 1. The number of nitrogens with zero attached hydrogens (tertiary/aromatic N) is 3. The molecule has 1 amide bonds. The molecule has 0 spiro atoms. The monoisotopic (exact) mass is 394 g/mol. The van der Waals surface area contributed by atoms with E-state index in [9.17, 15) is 14.9 Å². The Morgan fingerprint density at radius 2 is 2.03 bits per heavy atom. The van der Waals surface area contributed by atoms with Crippen LogP contribution in [0, 0.1) is 24.0 Å². The van der Waals surface area contributed by atoms with Crippen molar-refractivity contribution in [3.05, 3.63) is 86.7 Å². The maximum absolute atomic E-state index is 12.5. The van der Waals surface area contributed by atoms with Gasteiger partial charge in [0.05, 0.1) is 10.6 Å². The highest BCUT2D eigenvalue weighted by Crippen LogP contribution is 2.28. The average molecular weight is 394 g/mol. The van der Waals surface area contributed by atoms with E-state index in [0.717, 1.165) is 22.4 Å². The van der Waals surface area contributed by atoms with E-state index in [-0.39, 0.29) is 24.0 Å². The number of carbonyl (C=O) groups is 1. The quantitative estimate of drug-likeness (QED) is 0.489. The summed E-state index contributed by atoms with van der Waals surface area (Å²) < 4.78 is 7.35. The normalized spacial score (nSPS) is 10.6. The van der Waals surface area contributed by atoms with Crippen LogP contribution < -0.4 is 10.1 Å². The summed E-state index contributed by atoms with van der Waals surface area (Å²) in [5.41, 5.74) is 3.76. The fraction of sp³-hybridized carbons (Fsp3) is 0.238. The molecular weight excluding hydrogens is 372 g/mol. The van der Waals surface area contributed by atoms with Gasteiger partial charge in [-0.05, 0) is 43.2 Å². The van der Waals surface area contributed by atoms with Gasteiger partial charge in [0.2, 0.25) is 0 Å². The molecule has 0 unspecified atom stereocenters. The lowest BCUT2D eigenvalue weighted by atomic mass is 10.1. The highest BCUT2D eigenvalue weighted by molar-refractivity contribution is 5.94. The third kappa shape index (κ3) is 4.98. The van der Waals surface area contributed by atoms with Crippen LogP contribution in [0.15, 0.2) is 48.7 Å². The summed E-state index contributed by atoms with van der Waals surface area (Å²) in [7, 11) is 1.83. The van der Waals surface area contributed by atoms with E-state index in [4.69, 9.17) is 4.74 Å². The number of carbonyl (C=O) groups excluding carboxylic acids is 1. The Kier molecular flexibility index (Phi) is 5.92. The molecule has 3 aromatic rings. The van der Waals surface area contributed by atoms with E-state index in [1.54, 1.807) is 41.9 Å². The molecule has 8 nitrogen and oxygen atoms in total. The summed E-state index contributed by atoms with van der Waals surface area (Å²) in [6.45, 7) is 4.18. The van der Waals surface area contributed by atoms with Crippen molar-refractivity contribution in [2.75, 3.05) is 0 Å². The SMILES string of the molecule is Cc1ccc(OCc2cccc(C(=O)NCc3cn(C)nc3C)c2)c([N+](=O)[O-])c1. The number of nitrogens with one attached hydrogen (secondary N) is 1. The van der Waals surface area contributed by atoms with E-state index in [1.807, 2.05) is 26.2 Å². The van der Waals surface area contributed by atoms with Crippen LogP contribution in [0.2, 0.25) is 0 Å². The molecule has 3 rings (SSSR count). The molecule has 0 radical (unpaired) electrons. The fourth-order valence-corrected chi connectivity index (χ4v) is 2.96. The predicted molar refractivity (Wildman–Crippen MR) is 108 cm³/mol.